The van der Waals surface area contributed by atoms with Gasteiger partial charge in [-0.15, -0.1) is 35.3 Å². The number of aliphatic imine (C=N–C) groups is 1. The molecule has 96 valence electrons. The predicted octanol–water partition coefficient (Wildman–Crippen LogP) is 2.98. The first-order valence-electron chi connectivity index (χ1n) is 5.02. The van der Waals surface area contributed by atoms with Gasteiger partial charge in [0.1, 0.15) is 0 Å². The van der Waals surface area contributed by atoms with Crippen LogP contribution in [0.5, 0.6) is 0 Å². The molecule has 0 aliphatic carbocycles. The fourth-order valence-electron chi connectivity index (χ4n) is 1.16. The Balaban J connectivity index is 0.00000256. The Morgan fingerprint density at radius 1 is 1.53 bits per heavy atom. The Hall–Kier alpha value is -0.0800. The van der Waals surface area contributed by atoms with Gasteiger partial charge in [0.25, 0.3) is 0 Å². The third kappa shape index (κ3) is 7.77. The zero-order valence-electron chi connectivity index (χ0n) is 9.70. The summed E-state index contributed by atoms with van der Waals surface area (Å²) >= 11 is 5.07. The van der Waals surface area contributed by atoms with Crippen molar-refractivity contribution in [3.8, 4) is 0 Å². The molecule has 0 saturated carbocycles. The Kier molecular flexibility index (Phi) is 9.85. The van der Waals surface area contributed by atoms with Gasteiger partial charge in [0.05, 0.1) is 0 Å². The summed E-state index contributed by atoms with van der Waals surface area (Å²) in [5.41, 5.74) is 0. The zero-order valence-corrected chi connectivity index (χ0v) is 14.4. The summed E-state index contributed by atoms with van der Waals surface area (Å²) in [5, 5.41) is 8.49. The lowest BCUT2D eigenvalue weighted by molar-refractivity contribution is 0.827. The van der Waals surface area contributed by atoms with Gasteiger partial charge in [0, 0.05) is 29.5 Å². The Morgan fingerprint density at radius 2 is 2.29 bits per heavy atom. The van der Waals surface area contributed by atoms with Gasteiger partial charge in [-0.05, 0) is 17.9 Å². The molecule has 0 spiro atoms. The molecule has 0 atom stereocenters. The van der Waals surface area contributed by atoms with Gasteiger partial charge in [0.15, 0.2) is 5.96 Å². The molecule has 1 rings (SSSR count). The van der Waals surface area contributed by atoms with Crippen molar-refractivity contribution in [3.63, 3.8) is 0 Å². The molecule has 17 heavy (non-hydrogen) atoms. The Morgan fingerprint density at radius 3 is 2.82 bits per heavy atom. The van der Waals surface area contributed by atoms with Crippen LogP contribution >= 0.6 is 51.2 Å². The van der Waals surface area contributed by atoms with Crippen molar-refractivity contribution < 1.29 is 0 Å². The number of halogens is 2. The fourth-order valence-corrected chi connectivity index (χ4v) is 2.01. The molecule has 6 heteroatoms. The van der Waals surface area contributed by atoms with Gasteiger partial charge in [-0.3, -0.25) is 4.99 Å². The second kappa shape index (κ2) is 9.90. The second-order valence-corrected chi connectivity index (χ2v) is 5.35. The number of nitrogens with one attached hydrogen (secondary N) is 2. The van der Waals surface area contributed by atoms with Crippen molar-refractivity contribution in [1.29, 1.82) is 0 Å². The highest BCUT2D eigenvalue weighted by atomic mass is 127. The van der Waals surface area contributed by atoms with E-state index in [-0.39, 0.29) is 24.0 Å². The summed E-state index contributed by atoms with van der Waals surface area (Å²) in [5.74, 6) is 0.803. The second-order valence-electron chi connectivity index (χ2n) is 3.20. The van der Waals surface area contributed by atoms with Crippen molar-refractivity contribution in [2.24, 2.45) is 4.99 Å². The van der Waals surface area contributed by atoms with Crippen LogP contribution in [0.3, 0.4) is 0 Å². The third-order valence-corrected chi connectivity index (χ3v) is 3.13. The number of rotatable bonds is 5. The molecular weight excluding hydrogens is 413 g/mol. The highest BCUT2D eigenvalue weighted by molar-refractivity contribution is 14.0. The number of hydrogen-bond acceptors (Lipinski definition) is 2. The zero-order chi connectivity index (χ0) is 11.8. The molecule has 3 nitrogen and oxygen atoms in total. The first-order chi connectivity index (χ1) is 7.72. The first-order valence-corrected chi connectivity index (χ1v) is 6.70. The van der Waals surface area contributed by atoms with E-state index in [1.54, 1.807) is 18.4 Å². The van der Waals surface area contributed by atoms with E-state index in [1.165, 1.54) is 4.88 Å². The highest BCUT2D eigenvalue weighted by Gasteiger charge is 1.98. The molecular formula is C11H17BrIN3S. The van der Waals surface area contributed by atoms with E-state index in [0.29, 0.717) is 6.54 Å². The van der Waals surface area contributed by atoms with Gasteiger partial charge in [0.2, 0.25) is 0 Å². The van der Waals surface area contributed by atoms with E-state index < -0.39 is 0 Å². The van der Waals surface area contributed by atoms with E-state index in [0.717, 1.165) is 23.4 Å². The third-order valence-electron chi connectivity index (χ3n) is 1.92. The smallest absolute Gasteiger partial charge is 0.191 e. The van der Waals surface area contributed by atoms with E-state index in [1.807, 2.05) is 0 Å². The van der Waals surface area contributed by atoms with E-state index >= 15 is 0 Å². The van der Waals surface area contributed by atoms with Crippen LogP contribution in [-0.2, 0) is 6.42 Å². The van der Waals surface area contributed by atoms with Crippen molar-refractivity contribution in [1.82, 2.24) is 10.6 Å². The van der Waals surface area contributed by atoms with Crippen LogP contribution in [0.4, 0.5) is 0 Å². The molecule has 0 aliphatic rings. The summed E-state index contributed by atoms with van der Waals surface area (Å²) in [7, 11) is 1.76. The lowest BCUT2D eigenvalue weighted by Crippen LogP contribution is -2.38. The first kappa shape index (κ1) is 16.9. The number of guanidine groups is 1. The van der Waals surface area contributed by atoms with Crippen LogP contribution in [0.25, 0.3) is 0 Å². The highest BCUT2D eigenvalue weighted by Crippen LogP contribution is 2.07. The summed E-state index contributed by atoms with van der Waals surface area (Å²) in [6.07, 6.45) is 1.02. The lowest BCUT2D eigenvalue weighted by Gasteiger charge is -2.10. The molecule has 0 radical (unpaired) electrons. The van der Waals surface area contributed by atoms with Crippen molar-refractivity contribution in [2.75, 3.05) is 20.1 Å². The van der Waals surface area contributed by atoms with Crippen LogP contribution in [-0.4, -0.2) is 26.1 Å². The topological polar surface area (TPSA) is 36.4 Å². The standard InChI is InChI=1S/C11H16BrN3S.HI/c1-9(12)8-15-11(13-2)14-6-5-10-4-3-7-16-10;/h3-4,7H,1,5-6,8H2,2H3,(H2,13,14,15);1H. The minimum Gasteiger partial charge on any atom is -0.356 e. The normalized spacial score (nSPS) is 10.6. The average Bonchev–Trinajstić information content (AvgIpc) is 2.75. The van der Waals surface area contributed by atoms with Gasteiger partial charge in [-0.25, -0.2) is 0 Å². The molecule has 0 aromatic carbocycles. The van der Waals surface area contributed by atoms with Crippen molar-refractivity contribution in [2.45, 2.75) is 6.42 Å². The minimum atomic E-state index is 0. The largest absolute Gasteiger partial charge is 0.356 e. The van der Waals surface area contributed by atoms with Gasteiger partial charge >= 0.3 is 0 Å². The maximum atomic E-state index is 4.11. The number of nitrogens with zero attached hydrogens (tertiary/aromatic N) is 1. The molecule has 1 heterocycles. The summed E-state index contributed by atoms with van der Waals surface area (Å²) in [4.78, 5) is 5.50. The van der Waals surface area contributed by atoms with Crippen LogP contribution in [0.1, 0.15) is 4.88 Å². The fraction of sp³-hybridized carbons (Fsp3) is 0.364. The molecule has 0 aliphatic heterocycles. The van der Waals surface area contributed by atoms with Crippen LogP contribution in [0, 0.1) is 0 Å². The predicted molar refractivity (Wildman–Crippen MR) is 90.9 cm³/mol. The van der Waals surface area contributed by atoms with E-state index in [4.69, 9.17) is 0 Å². The molecule has 2 N–H and O–H groups in total. The van der Waals surface area contributed by atoms with Gasteiger partial charge < -0.3 is 10.6 Å². The Labute approximate surface area is 132 Å². The molecule has 0 saturated heterocycles. The van der Waals surface area contributed by atoms with Gasteiger partial charge in [-0.2, -0.15) is 0 Å². The minimum absolute atomic E-state index is 0. The average molecular weight is 430 g/mol. The summed E-state index contributed by atoms with van der Waals surface area (Å²) in [6, 6.07) is 4.21. The molecule has 1 aromatic heterocycles. The molecule has 0 fully saturated rings. The van der Waals surface area contributed by atoms with Crippen LogP contribution in [0.15, 0.2) is 33.6 Å². The Bertz CT molecular complexity index is 352. The summed E-state index contributed by atoms with van der Waals surface area (Å²) < 4.78 is 0.911. The van der Waals surface area contributed by atoms with Crippen LogP contribution in [0.2, 0.25) is 0 Å². The number of thiophene rings is 1. The van der Waals surface area contributed by atoms with E-state index in [2.05, 4.69) is 55.6 Å². The molecule has 1 aromatic rings. The van der Waals surface area contributed by atoms with Crippen LogP contribution < -0.4 is 10.6 Å². The summed E-state index contributed by atoms with van der Waals surface area (Å²) in [6.45, 7) is 5.32. The monoisotopic (exact) mass is 429 g/mol. The molecule has 0 bridgehead atoms. The number of hydrogen-bond donors (Lipinski definition) is 2. The van der Waals surface area contributed by atoms with Crippen molar-refractivity contribution >= 4 is 57.2 Å². The SMILES string of the molecule is C=C(Br)CNC(=NC)NCCc1cccs1.I. The molecule has 0 unspecified atom stereocenters. The van der Waals surface area contributed by atoms with Crippen molar-refractivity contribution in [3.05, 3.63) is 33.5 Å². The van der Waals surface area contributed by atoms with E-state index in [9.17, 15) is 0 Å². The quantitative estimate of drug-likeness (QED) is 0.428. The maximum absolute atomic E-state index is 4.11. The lowest BCUT2D eigenvalue weighted by atomic mass is 10.3. The molecule has 0 amide bonds. The van der Waals surface area contributed by atoms with Gasteiger partial charge in [-0.1, -0.05) is 28.6 Å². The maximum Gasteiger partial charge on any atom is 0.191 e.